The predicted octanol–water partition coefficient (Wildman–Crippen LogP) is 1.95. The number of carbonyl (C=O) groups excluding carboxylic acids is 2. The maximum atomic E-state index is 9.91. The average molecular weight is 334 g/mol. The van der Waals surface area contributed by atoms with Gasteiger partial charge in [0.1, 0.15) is 13.2 Å². The SMILES string of the molecule is O=COCc1ccc(COC=O)cc1.OCc1ccc(CO)cc1.[HH]. The Labute approximate surface area is 141 Å². The van der Waals surface area contributed by atoms with E-state index in [1.54, 1.807) is 24.3 Å². The minimum atomic E-state index is 0. The monoisotopic (exact) mass is 334 g/mol. The Morgan fingerprint density at radius 1 is 0.667 bits per heavy atom. The van der Waals surface area contributed by atoms with Gasteiger partial charge in [0.2, 0.25) is 0 Å². The Hall–Kier alpha value is -2.70. The number of hydrogen-bond donors (Lipinski definition) is 2. The van der Waals surface area contributed by atoms with Gasteiger partial charge in [0, 0.05) is 1.43 Å². The molecule has 0 saturated carbocycles. The summed E-state index contributed by atoms with van der Waals surface area (Å²) in [6.45, 7) is 1.46. The Bertz CT molecular complexity index is 544. The summed E-state index contributed by atoms with van der Waals surface area (Å²) in [4.78, 5) is 19.8. The molecule has 0 saturated heterocycles. The van der Waals surface area contributed by atoms with Crippen molar-refractivity contribution in [3.8, 4) is 0 Å². The number of ether oxygens (including phenoxy) is 2. The lowest BCUT2D eigenvalue weighted by Gasteiger charge is -2.02. The maximum Gasteiger partial charge on any atom is 0.293 e. The number of aliphatic hydroxyl groups excluding tert-OH is 2. The molecule has 2 N–H and O–H groups in total. The highest BCUT2D eigenvalue weighted by molar-refractivity contribution is 5.38. The molecule has 0 atom stereocenters. The molecule has 0 unspecified atom stereocenters. The van der Waals surface area contributed by atoms with Crippen LogP contribution in [0.5, 0.6) is 0 Å². The minimum absolute atomic E-state index is 0. The zero-order chi connectivity index (χ0) is 17.6. The number of rotatable bonds is 8. The van der Waals surface area contributed by atoms with E-state index >= 15 is 0 Å². The molecule has 2 rings (SSSR count). The molecule has 0 amide bonds. The Balaban J connectivity index is 0.000000465. The zero-order valence-electron chi connectivity index (χ0n) is 13.1. The van der Waals surface area contributed by atoms with Gasteiger partial charge in [-0.3, -0.25) is 9.59 Å². The predicted molar refractivity (Wildman–Crippen MR) is 88.5 cm³/mol. The van der Waals surface area contributed by atoms with E-state index in [2.05, 4.69) is 9.47 Å². The molecule has 0 aromatic heterocycles. The van der Waals surface area contributed by atoms with Crippen LogP contribution in [-0.2, 0) is 45.5 Å². The van der Waals surface area contributed by atoms with E-state index in [9.17, 15) is 9.59 Å². The molecular weight excluding hydrogens is 312 g/mol. The van der Waals surface area contributed by atoms with Gasteiger partial charge in [-0.25, -0.2) is 0 Å². The second-order valence-electron chi connectivity index (χ2n) is 4.76. The number of carbonyl (C=O) groups is 2. The fraction of sp³-hybridized carbons (Fsp3) is 0.222. The van der Waals surface area contributed by atoms with Crippen molar-refractivity contribution < 1.29 is 30.7 Å². The maximum absolute atomic E-state index is 9.91. The van der Waals surface area contributed by atoms with E-state index in [4.69, 9.17) is 10.2 Å². The first-order valence-electron chi connectivity index (χ1n) is 7.21. The van der Waals surface area contributed by atoms with Crippen molar-refractivity contribution in [3.63, 3.8) is 0 Å². The van der Waals surface area contributed by atoms with Crippen LogP contribution in [0.25, 0.3) is 0 Å². The molecule has 0 heterocycles. The smallest absolute Gasteiger partial charge is 0.293 e. The molecule has 0 aliphatic rings. The summed E-state index contributed by atoms with van der Waals surface area (Å²) in [7, 11) is 0. The second kappa shape index (κ2) is 11.8. The molecule has 0 fully saturated rings. The third-order valence-corrected chi connectivity index (χ3v) is 3.05. The first-order chi connectivity index (χ1) is 11.7. The molecule has 6 heteroatoms. The van der Waals surface area contributed by atoms with Crippen molar-refractivity contribution in [3.05, 3.63) is 70.8 Å². The van der Waals surface area contributed by atoms with Crippen LogP contribution in [-0.4, -0.2) is 23.2 Å². The quantitative estimate of drug-likeness (QED) is 0.717. The molecular formula is C18H22O6. The lowest BCUT2D eigenvalue weighted by molar-refractivity contribution is -0.130. The molecule has 24 heavy (non-hydrogen) atoms. The van der Waals surface area contributed by atoms with E-state index in [-0.39, 0.29) is 27.9 Å². The van der Waals surface area contributed by atoms with E-state index in [1.807, 2.05) is 24.3 Å². The van der Waals surface area contributed by atoms with Crippen molar-refractivity contribution in [2.45, 2.75) is 26.4 Å². The van der Waals surface area contributed by atoms with Gasteiger partial charge < -0.3 is 19.7 Å². The summed E-state index contributed by atoms with van der Waals surface area (Å²) in [6, 6.07) is 14.4. The van der Waals surface area contributed by atoms with Crippen molar-refractivity contribution in [2.75, 3.05) is 0 Å². The average Bonchev–Trinajstić information content (AvgIpc) is 2.66. The molecule has 0 spiro atoms. The molecule has 0 aliphatic carbocycles. The number of hydrogen-bond acceptors (Lipinski definition) is 6. The number of benzene rings is 2. The van der Waals surface area contributed by atoms with E-state index in [0.29, 0.717) is 12.9 Å². The zero-order valence-corrected chi connectivity index (χ0v) is 13.1. The topological polar surface area (TPSA) is 93.1 Å². The van der Waals surface area contributed by atoms with Crippen LogP contribution in [0.1, 0.15) is 23.7 Å². The van der Waals surface area contributed by atoms with Gasteiger partial charge in [-0.1, -0.05) is 48.5 Å². The summed E-state index contributed by atoms with van der Waals surface area (Å²) in [5.41, 5.74) is 3.54. The summed E-state index contributed by atoms with van der Waals surface area (Å²) >= 11 is 0. The molecule has 0 bridgehead atoms. The van der Waals surface area contributed by atoms with Crippen LogP contribution >= 0.6 is 0 Å². The lowest BCUT2D eigenvalue weighted by atomic mass is 10.1. The third-order valence-electron chi connectivity index (χ3n) is 3.05. The van der Waals surface area contributed by atoms with Crippen molar-refractivity contribution in [1.82, 2.24) is 0 Å². The largest absolute Gasteiger partial charge is 0.463 e. The highest BCUT2D eigenvalue weighted by atomic mass is 16.5. The Morgan fingerprint density at radius 3 is 1.21 bits per heavy atom. The van der Waals surface area contributed by atoms with Crippen LogP contribution in [0.2, 0.25) is 0 Å². The third kappa shape index (κ3) is 7.53. The van der Waals surface area contributed by atoms with Crippen LogP contribution in [0.4, 0.5) is 0 Å². The Kier molecular flexibility index (Phi) is 9.52. The summed E-state index contributed by atoms with van der Waals surface area (Å²) < 4.78 is 9.15. The van der Waals surface area contributed by atoms with Crippen LogP contribution in [0, 0.1) is 0 Å². The minimum Gasteiger partial charge on any atom is -0.463 e. The van der Waals surface area contributed by atoms with E-state index in [0.717, 1.165) is 22.3 Å². The molecule has 0 aliphatic heterocycles. The van der Waals surface area contributed by atoms with Crippen molar-refractivity contribution in [2.24, 2.45) is 0 Å². The van der Waals surface area contributed by atoms with E-state index < -0.39 is 0 Å². The van der Waals surface area contributed by atoms with Gasteiger partial charge in [-0.15, -0.1) is 0 Å². The molecule has 6 nitrogen and oxygen atoms in total. The molecule has 2 aromatic rings. The van der Waals surface area contributed by atoms with Gasteiger partial charge in [-0.2, -0.15) is 0 Å². The highest BCUT2D eigenvalue weighted by Gasteiger charge is 1.95. The fourth-order valence-corrected chi connectivity index (χ4v) is 1.74. The first-order valence-corrected chi connectivity index (χ1v) is 7.21. The highest BCUT2D eigenvalue weighted by Crippen LogP contribution is 2.06. The van der Waals surface area contributed by atoms with Crippen LogP contribution in [0.3, 0.4) is 0 Å². The summed E-state index contributed by atoms with van der Waals surface area (Å²) in [5, 5.41) is 17.3. The molecule has 130 valence electrons. The van der Waals surface area contributed by atoms with Gasteiger partial charge in [0.05, 0.1) is 13.2 Å². The van der Waals surface area contributed by atoms with Gasteiger partial charge in [0.15, 0.2) is 0 Å². The van der Waals surface area contributed by atoms with Gasteiger partial charge >= 0.3 is 0 Å². The molecule has 2 aromatic carbocycles. The standard InChI is InChI=1S/C10H10O4.C8H10O2.H2/c11-7-13-5-9-1-2-10(4-3-9)6-14-8-12;9-5-7-1-2-8(6-10)4-3-7;/h1-4,7-8H,5-6H2;1-4,9-10H,5-6H2;1H. The van der Waals surface area contributed by atoms with Crippen LogP contribution in [0.15, 0.2) is 48.5 Å². The second-order valence-corrected chi connectivity index (χ2v) is 4.76. The van der Waals surface area contributed by atoms with Crippen LogP contribution < -0.4 is 0 Å². The van der Waals surface area contributed by atoms with Gasteiger partial charge in [-0.05, 0) is 22.3 Å². The van der Waals surface area contributed by atoms with Crippen molar-refractivity contribution in [1.29, 1.82) is 0 Å². The summed E-state index contributed by atoms with van der Waals surface area (Å²) in [5.74, 6) is 0. The first kappa shape index (κ1) is 19.3. The normalized spacial score (nSPS) is 9.42. The lowest BCUT2D eigenvalue weighted by Crippen LogP contribution is -1.93. The Morgan fingerprint density at radius 2 is 0.958 bits per heavy atom. The number of aliphatic hydroxyl groups is 2. The summed E-state index contributed by atoms with van der Waals surface area (Å²) in [6.07, 6.45) is 0. The van der Waals surface area contributed by atoms with Crippen molar-refractivity contribution >= 4 is 12.9 Å². The van der Waals surface area contributed by atoms with Gasteiger partial charge in [0.25, 0.3) is 12.9 Å². The fourth-order valence-electron chi connectivity index (χ4n) is 1.74. The van der Waals surface area contributed by atoms with E-state index in [1.165, 1.54) is 0 Å². The molecule has 0 radical (unpaired) electrons.